The normalized spacial score (nSPS) is 23.4. The molecule has 1 aliphatic heterocycles. The van der Waals surface area contributed by atoms with E-state index in [1.807, 2.05) is 36.9 Å². The van der Waals surface area contributed by atoms with Gasteiger partial charge in [0.15, 0.2) is 0 Å². The van der Waals surface area contributed by atoms with Crippen LogP contribution in [-0.4, -0.2) is 41.1 Å². The van der Waals surface area contributed by atoms with Crippen molar-refractivity contribution >= 4 is 5.91 Å². The largest absolute Gasteiger partial charge is 0.377 e. The first-order valence-corrected chi connectivity index (χ1v) is 6.97. The molecule has 1 aromatic heterocycles. The first-order valence-electron chi connectivity index (χ1n) is 6.97. The number of morpholine rings is 1. The van der Waals surface area contributed by atoms with E-state index in [0.717, 1.165) is 18.5 Å². The molecule has 0 aromatic carbocycles. The molecular weight excluding hydrogens is 240 g/mol. The summed E-state index contributed by atoms with van der Waals surface area (Å²) in [5, 5.41) is 0. The SMILES string of the molecule is C[C@@H]1COC[C@@H](C)N1C(=O)CCCc1ccccn1. The van der Waals surface area contributed by atoms with Crippen LogP contribution in [0, 0.1) is 0 Å². The molecule has 0 radical (unpaired) electrons. The lowest BCUT2D eigenvalue weighted by Crippen LogP contribution is -2.52. The maximum absolute atomic E-state index is 12.3. The quantitative estimate of drug-likeness (QED) is 0.834. The van der Waals surface area contributed by atoms with Gasteiger partial charge in [-0.2, -0.15) is 0 Å². The number of amides is 1. The topological polar surface area (TPSA) is 42.4 Å². The lowest BCUT2D eigenvalue weighted by Gasteiger charge is -2.38. The maximum Gasteiger partial charge on any atom is 0.223 e. The summed E-state index contributed by atoms with van der Waals surface area (Å²) in [7, 11) is 0. The van der Waals surface area contributed by atoms with Crippen LogP contribution in [0.4, 0.5) is 0 Å². The Morgan fingerprint density at radius 3 is 2.74 bits per heavy atom. The van der Waals surface area contributed by atoms with Crippen molar-refractivity contribution in [3.63, 3.8) is 0 Å². The van der Waals surface area contributed by atoms with Gasteiger partial charge in [-0.25, -0.2) is 0 Å². The van der Waals surface area contributed by atoms with Gasteiger partial charge in [0.1, 0.15) is 0 Å². The molecule has 2 heterocycles. The van der Waals surface area contributed by atoms with Crippen LogP contribution in [-0.2, 0) is 16.0 Å². The number of hydrogen-bond donors (Lipinski definition) is 0. The highest BCUT2D eigenvalue weighted by Crippen LogP contribution is 2.15. The average molecular weight is 262 g/mol. The van der Waals surface area contributed by atoms with Crippen molar-refractivity contribution in [1.82, 2.24) is 9.88 Å². The van der Waals surface area contributed by atoms with E-state index in [1.54, 1.807) is 6.20 Å². The van der Waals surface area contributed by atoms with Crippen molar-refractivity contribution in [2.24, 2.45) is 0 Å². The summed E-state index contributed by atoms with van der Waals surface area (Å²) < 4.78 is 5.44. The standard InChI is InChI=1S/C15H22N2O2/c1-12-10-19-11-13(2)17(12)15(18)8-5-7-14-6-3-4-9-16-14/h3-4,6,9,12-13H,5,7-8,10-11H2,1-2H3/t12-,13-/m1/s1. The Bertz CT molecular complexity index is 398. The minimum absolute atomic E-state index is 0.186. The molecule has 4 heteroatoms. The summed E-state index contributed by atoms with van der Waals surface area (Å²) in [6.45, 7) is 5.39. The van der Waals surface area contributed by atoms with E-state index < -0.39 is 0 Å². The summed E-state index contributed by atoms with van der Waals surface area (Å²) in [6.07, 6.45) is 4.10. The number of carbonyl (C=O) groups is 1. The Morgan fingerprint density at radius 1 is 1.37 bits per heavy atom. The van der Waals surface area contributed by atoms with Gasteiger partial charge in [0, 0.05) is 18.3 Å². The zero-order chi connectivity index (χ0) is 13.7. The Labute approximate surface area is 114 Å². The van der Waals surface area contributed by atoms with Gasteiger partial charge < -0.3 is 9.64 Å². The van der Waals surface area contributed by atoms with Crippen molar-refractivity contribution in [3.8, 4) is 0 Å². The second-order valence-corrected chi connectivity index (χ2v) is 5.21. The molecule has 2 atom stereocenters. The molecule has 0 N–H and O–H groups in total. The molecule has 19 heavy (non-hydrogen) atoms. The molecule has 1 amide bonds. The number of nitrogens with zero attached hydrogens (tertiary/aromatic N) is 2. The highest BCUT2D eigenvalue weighted by molar-refractivity contribution is 5.77. The molecule has 2 rings (SSSR count). The monoisotopic (exact) mass is 262 g/mol. The maximum atomic E-state index is 12.3. The van der Waals surface area contributed by atoms with E-state index in [2.05, 4.69) is 4.98 Å². The van der Waals surface area contributed by atoms with Gasteiger partial charge in [-0.05, 0) is 38.8 Å². The summed E-state index contributed by atoms with van der Waals surface area (Å²) in [6, 6.07) is 6.27. The molecule has 4 nitrogen and oxygen atoms in total. The Kier molecular flexibility index (Phi) is 4.91. The molecule has 0 aliphatic carbocycles. The summed E-state index contributed by atoms with van der Waals surface area (Å²) in [5.41, 5.74) is 1.05. The van der Waals surface area contributed by atoms with Gasteiger partial charge in [0.2, 0.25) is 5.91 Å². The molecule has 0 spiro atoms. The summed E-state index contributed by atoms with van der Waals surface area (Å²) in [4.78, 5) is 18.5. The van der Waals surface area contributed by atoms with Crippen LogP contribution in [0.25, 0.3) is 0 Å². The van der Waals surface area contributed by atoms with Crippen molar-refractivity contribution < 1.29 is 9.53 Å². The summed E-state index contributed by atoms with van der Waals surface area (Å²) in [5.74, 6) is 0.235. The molecule has 1 saturated heterocycles. The van der Waals surface area contributed by atoms with Crippen LogP contribution in [0.3, 0.4) is 0 Å². The first-order chi connectivity index (χ1) is 9.18. The predicted molar refractivity (Wildman–Crippen MR) is 73.8 cm³/mol. The van der Waals surface area contributed by atoms with E-state index in [0.29, 0.717) is 19.6 Å². The van der Waals surface area contributed by atoms with Crippen molar-refractivity contribution in [2.45, 2.75) is 45.2 Å². The molecule has 0 unspecified atom stereocenters. The first kappa shape index (κ1) is 14.0. The molecule has 0 bridgehead atoms. The van der Waals surface area contributed by atoms with Gasteiger partial charge in [-0.3, -0.25) is 9.78 Å². The molecule has 104 valence electrons. The van der Waals surface area contributed by atoms with Crippen LogP contribution >= 0.6 is 0 Å². The van der Waals surface area contributed by atoms with E-state index in [4.69, 9.17) is 4.74 Å². The number of aryl methyl sites for hydroxylation is 1. The van der Waals surface area contributed by atoms with Gasteiger partial charge in [0.25, 0.3) is 0 Å². The Balaban J connectivity index is 1.80. The number of hydrogen-bond acceptors (Lipinski definition) is 3. The molecule has 1 fully saturated rings. The van der Waals surface area contributed by atoms with E-state index in [1.165, 1.54) is 0 Å². The molecule has 1 aliphatic rings. The number of aromatic nitrogens is 1. The van der Waals surface area contributed by atoms with Crippen molar-refractivity contribution in [3.05, 3.63) is 30.1 Å². The van der Waals surface area contributed by atoms with Gasteiger partial charge >= 0.3 is 0 Å². The number of rotatable bonds is 4. The fraction of sp³-hybridized carbons (Fsp3) is 0.600. The number of carbonyl (C=O) groups excluding carboxylic acids is 1. The highest BCUT2D eigenvalue weighted by Gasteiger charge is 2.28. The smallest absolute Gasteiger partial charge is 0.223 e. The second kappa shape index (κ2) is 6.66. The third-order valence-corrected chi connectivity index (χ3v) is 3.51. The Morgan fingerprint density at radius 2 is 2.11 bits per heavy atom. The molecular formula is C15H22N2O2. The highest BCUT2D eigenvalue weighted by atomic mass is 16.5. The van der Waals surface area contributed by atoms with Crippen LogP contribution < -0.4 is 0 Å². The lowest BCUT2D eigenvalue weighted by atomic mass is 10.1. The summed E-state index contributed by atoms with van der Waals surface area (Å²) >= 11 is 0. The fourth-order valence-electron chi connectivity index (χ4n) is 2.59. The third kappa shape index (κ3) is 3.77. The predicted octanol–water partition coefficient (Wildman–Crippen LogP) is 2.04. The van der Waals surface area contributed by atoms with E-state index in [9.17, 15) is 4.79 Å². The lowest BCUT2D eigenvalue weighted by molar-refractivity contribution is -0.144. The van der Waals surface area contributed by atoms with Crippen LogP contribution in [0.2, 0.25) is 0 Å². The van der Waals surface area contributed by atoms with E-state index >= 15 is 0 Å². The minimum Gasteiger partial charge on any atom is -0.377 e. The van der Waals surface area contributed by atoms with Gasteiger partial charge in [0.05, 0.1) is 25.3 Å². The van der Waals surface area contributed by atoms with Gasteiger partial charge in [-0.15, -0.1) is 0 Å². The van der Waals surface area contributed by atoms with Crippen molar-refractivity contribution in [2.75, 3.05) is 13.2 Å². The third-order valence-electron chi connectivity index (χ3n) is 3.51. The van der Waals surface area contributed by atoms with Crippen molar-refractivity contribution in [1.29, 1.82) is 0 Å². The second-order valence-electron chi connectivity index (χ2n) is 5.21. The van der Waals surface area contributed by atoms with E-state index in [-0.39, 0.29) is 18.0 Å². The zero-order valence-electron chi connectivity index (χ0n) is 11.7. The zero-order valence-corrected chi connectivity index (χ0v) is 11.7. The average Bonchev–Trinajstić information content (AvgIpc) is 2.40. The minimum atomic E-state index is 0.186. The van der Waals surface area contributed by atoms with Crippen LogP contribution in [0.1, 0.15) is 32.4 Å². The number of ether oxygens (including phenoxy) is 1. The van der Waals surface area contributed by atoms with Gasteiger partial charge in [-0.1, -0.05) is 6.07 Å². The van der Waals surface area contributed by atoms with Crippen LogP contribution in [0.15, 0.2) is 24.4 Å². The molecule has 1 aromatic rings. The van der Waals surface area contributed by atoms with Crippen LogP contribution in [0.5, 0.6) is 0 Å². The molecule has 0 saturated carbocycles. The fourth-order valence-corrected chi connectivity index (χ4v) is 2.59. The Hall–Kier alpha value is -1.42. The number of pyridine rings is 1.